The van der Waals surface area contributed by atoms with Gasteiger partial charge in [-0.1, -0.05) is 32.4 Å². The van der Waals surface area contributed by atoms with Gasteiger partial charge in [-0.3, -0.25) is 19.2 Å². The van der Waals surface area contributed by atoms with Gasteiger partial charge in [-0.05, 0) is 49.2 Å². The van der Waals surface area contributed by atoms with E-state index < -0.39 is 46.9 Å². The monoisotopic (exact) mass is 460 g/mol. The fraction of sp³-hybridized carbons (Fsp3) is 0.692. The predicted molar refractivity (Wildman–Crippen MR) is 118 cm³/mol. The molecule has 0 N–H and O–H groups in total. The van der Waals surface area contributed by atoms with E-state index >= 15 is 4.39 Å². The first-order chi connectivity index (χ1) is 15.4. The number of fused-ring (bicyclic) bond motifs is 5. The number of halogens is 1. The standard InChI is InChI=1S/C26H33FO6/c1-14-10-20-18-12-22(27)21-11-17(30)6-8-24(21,4)19(18)7-9-25(20,5)26(14,33-16(3)29)23(31)13-32-15(2)28/h7,11,14,18,20,22H,6,8-10,12-13H2,1-5H3/t14-,18-,20-,22+,24+,25-,26+/m1/s1. The van der Waals surface area contributed by atoms with Crippen LogP contribution in [0.4, 0.5) is 4.39 Å². The van der Waals surface area contributed by atoms with Crippen LogP contribution in [0.25, 0.3) is 0 Å². The Kier molecular flexibility index (Phi) is 5.69. The van der Waals surface area contributed by atoms with Crippen LogP contribution in [0.5, 0.6) is 0 Å². The van der Waals surface area contributed by atoms with Gasteiger partial charge >= 0.3 is 11.9 Å². The highest BCUT2D eigenvalue weighted by atomic mass is 19.1. The maximum absolute atomic E-state index is 15.5. The van der Waals surface area contributed by atoms with Crippen molar-refractivity contribution in [3.63, 3.8) is 0 Å². The highest BCUT2D eigenvalue weighted by molar-refractivity contribution is 5.94. The Morgan fingerprint density at radius 1 is 1.12 bits per heavy atom. The van der Waals surface area contributed by atoms with Crippen molar-refractivity contribution >= 4 is 23.5 Å². The van der Waals surface area contributed by atoms with Crippen molar-refractivity contribution in [1.29, 1.82) is 0 Å². The first kappa shape index (κ1) is 23.8. The lowest BCUT2D eigenvalue weighted by Crippen LogP contribution is -2.60. The molecule has 180 valence electrons. The molecule has 0 heterocycles. The first-order valence-corrected chi connectivity index (χ1v) is 11.8. The summed E-state index contributed by atoms with van der Waals surface area (Å²) in [5, 5.41) is 0. The van der Waals surface area contributed by atoms with Crippen LogP contribution >= 0.6 is 0 Å². The number of esters is 2. The predicted octanol–water partition coefficient (Wildman–Crippen LogP) is 4.07. The maximum Gasteiger partial charge on any atom is 0.303 e. The molecule has 33 heavy (non-hydrogen) atoms. The van der Waals surface area contributed by atoms with Crippen molar-refractivity contribution in [2.75, 3.05) is 6.61 Å². The summed E-state index contributed by atoms with van der Waals surface area (Å²) in [5.41, 5.74) is -0.990. The second-order valence-corrected chi connectivity index (χ2v) is 10.8. The van der Waals surface area contributed by atoms with Crippen LogP contribution in [0.1, 0.15) is 66.7 Å². The third-order valence-electron chi connectivity index (χ3n) is 8.99. The van der Waals surface area contributed by atoms with E-state index in [1.54, 1.807) is 0 Å². The van der Waals surface area contributed by atoms with E-state index in [2.05, 4.69) is 6.08 Å². The van der Waals surface area contributed by atoms with Crippen LogP contribution in [0.3, 0.4) is 0 Å². The second kappa shape index (κ2) is 7.88. The van der Waals surface area contributed by atoms with Crippen molar-refractivity contribution in [2.24, 2.45) is 28.6 Å². The van der Waals surface area contributed by atoms with Gasteiger partial charge < -0.3 is 9.47 Å². The Morgan fingerprint density at radius 3 is 2.45 bits per heavy atom. The van der Waals surface area contributed by atoms with E-state index in [9.17, 15) is 19.2 Å². The summed E-state index contributed by atoms with van der Waals surface area (Å²) >= 11 is 0. The molecule has 4 rings (SSSR count). The summed E-state index contributed by atoms with van der Waals surface area (Å²) in [7, 11) is 0. The van der Waals surface area contributed by atoms with Gasteiger partial charge in [-0.25, -0.2) is 4.39 Å². The summed E-state index contributed by atoms with van der Waals surface area (Å²) < 4.78 is 26.4. The van der Waals surface area contributed by atoms with Crippen molar-refractivity contribution in [2.45, 2.75) is 78.5 Å². The molecule has 0 aromatic carbocycles. The molecular formula is C26H33FO6. The molecule has 4 aliphatic rings. The zero-order valence-corrected chi connectivity index (χ0v) is 20.0. The topological polar surface area (TPSA) is 86.7 Å². The molecule has 0 aromatic heterocycles. The fourth-order valence-electron chi connectivity index (χ4n) is 7.56. The Hall–Kier alpha value is -2.31. The molecule has 0 bridgehead atoms. The first-order valence-electron chi connectivity index (χ1n) is 11.8. The molecule has 6 nitrogen and oxygen atoms in total. The summed E-state index contributed by atoms with van der Waals surface area (Å²) in [6, 6.07) is 0. The number of Topliss-reactive ketones (excluding diaryl/α,β-unsaturated/α-hetero) is 1. The lowest BCUT2D eigenvalue weighted by atomic mass is 9.50. The van der Waals surface area contributed by atoms with E-state index in [1.165, 1.54) is 19.9 Å². The van der Waals surface area contributed by atoms with Crippen LogP contribution in [-0.2, 0) is 28.7 Å². The molecule has 0 aromatic rings. The van der Waals surface area contributed by atoms with Crippen LogP contribution in [0.15, 0.2) is 23.3 Å². The van der Waals surface area contributed by atoms with Gasteiger partial charge in [0.2, 0.25) is 5.78 Å². The third kappa shape index (κ3) is 3.33. The normalized spacial score (nSPS) is 41.7. The fourth-order valence-corrected chi connectivity index (χ4v) is 7.56. The molecule has 2 fully saturated rings. The molecule has 0 amide bonds. The molecule has 7 heteroatoms. The van der Waals surface area contributed by atoms with Gasteiger partial charge in [0.25, 0.3) is 0 Å². The number of carbonyl (C=O) groups excluding carboxylic acids is 4. The molecule has 0 unspecified atom stereocenters. The van der Waals surface area contributed by atoms with Gasteiger partial charge in [0, 0.05) is 37.0 Å². The number of carbonyl (C=O) groups is 4. The highest BCUT2D eigenvalue weighted by Gasteiger charge is 2.70. The van der Waals surface area contributed by atoms with Crippen molar-refractivity contribution in [1.82, 2.24) is 0 Å². The number of rotatable bonds is 4. The van der Waals surface area contributed by atoms with Gasteiger partial charge in [-0.2, -0.15) is 0 Å². The Labute approximate surface area is 193 Å². The van der Waals surface area contributed by atoms with E-state index in [0.29, 0.717) is 31.3 Å². The molecule has 0 saturated heterocycles. The lowest BCUT2D eigenvalue weighted by molar-refractivity contribution is -0.190. The van der Waals surface area contributed by atoms with E-state index in [-0.39, 0.29) is 30.0 Å². The molecule has 0 radical (unpaired) electrons. The zero-order chi connectivity index (χ0) is 24.3. The number of alkyl halides is 1. The average molecular weight is 461 g/mol. The zero-order valence-electron chi connectivity index (χ0n) is 20.0. The van der Waals surface area contributed by atoms with Crippen molar-refractivity contribution in [3.05, 3.63) is 23.3 Å². The average Bonchev–Trinajstić information content (AvgIpc) is 2.95. The minimum absolute atomic E-state index is 0.0238. The largest absolute Gasteiger partial charge is 0.458 e. The van der Waals surface area contributed by atoms with E-state index in [4.69, 9.17) is 9.47 Å². The van der Waals surface area contributed by atoms with Crippen LogP contribution in [0.2, 0.25) is 0 Å². The van der Waals surface area contributed by atoms with Gasteiger partial charge in [0.1, 0.15) is 6.17 Å². The summed E-state index contributed by atoms with van der Waals surface area (Å²) in [6.07, 6.45) is 4.70. The molecular weight excluding hydrogens is 427 g/mol. The van der Waals surface area contributed by atoms with Gasteiger partial charge in [-0.15, -0.1) is 0 Å². The second-order valence-electron chi connectivity index (χ2n) is 10.8. The Morgan fingerprint density at radius 2 is 1.82 bits per heavy atom. The van der Waals surface area contributed by atoms with Gasteiger partial charge in [0.15, 0.2) is 18.0 Å². The van der Waals surface area contributed by atoms with Crippen LogP contribution in [0, 0.1) is 28.6 Å². The number of hydrogen-bond donors (Lipinski definition) is 0. The quantitative estimate of drug-likeness (QED) is 0.464. The highest BCUT2D eigenvalue weighted by Crippen LogP contribution is 2.68. The number of hydrogen-bond acceptors (Lipinski definition) is 6. The maximum atomic E-state index is 15.5. The van der Waals surface area contributed by atoms with Crippen LogP contribution in [-0.4, -0.2) is 41.9 Å². The van der Waals surface area contributed by atoms with E-state index in [0.717, 1.165) is 5.57 Å². The molecule has 0 aliphatic heterocycles. The molecule has 2 saturated carbocycles. The van der Waals surface area contributed by atoms with E-state index in [1.807, 2.05) is 20.8 Å². The van der Waals surface area contributed by atoms with Crippen molar-refractivity contribution < 1.29 is 33.0 Å². The van der Waals surface area contributed by atoms with Gasteiger partial charge in [0.05, 0.1) is 0 Å². The summed E-state index contributed by atoms with van der Waals surface area (Å²) in [4.78, 5) is 49.2. The number of allylic oxidation sites excluding steroid dienone is 4. The third-order valence-corrected chi connectivity index (χ3v) is 8.99. The Bertz CT molecular complexity index is 981. The summed E-state index contributed by atoms with van der Waals surface area (Å²) in [6.45, 7) is 7.92. The molecule has 7 atom stereocenters. The Balaban J connectivity index is 1.80. The van der Waals surface area contributed by atoms with Crippen LogP contribution < -0.4 is 0 Å². The lowest BCUT2D eigenvalue weighted by Gasteiger charge is -2.55. The summed E-state index contributed by atoms with van der Waals surface area (Å²) in [5.74, 6) is -2.11. The molecule has 4 aliphatic carbocycles. The minimum atomic E-state index is -1.45. The number of ketones is 2. The number of ether oxygens (including phenoxy) is 2. The minimum Gasteiger partial charge on any atom is -0.458 e. The SMILES string of the molecule is CC(=O)OCC(=O)[C@@]1(OC(C)=O)[C@H](C)C[C@@H]2[C@@H]3C[C@H](F)C4=CC(=O)CC[C@@]4(C)C3=CC[C@]21C. The molecule has 0 spiro atoms. The smallest absolute Gasteiger partial charge is 0.303 e. The van der Waals surface area contributed by atoms with Crippen molar-refractivity contribution in [3.8, 4) is 0 Å².